The van der Waals surface area contributed by atoms with Gasteiger partial charge in [0.05, 0.1) is 5.69 Å². The molecule has 120 valence electrons. The number of carboxylic acid groups (broad SMARTS) is 1. The van der Waals surface area contributed by atoms with Crippen LogP contribution in [0.3, 0.4) is 0 Å². The average Bonchev–Trinajstić information content (AvgIpc) is 2.52. The molecule has 0 radical (unpaired) electrons. The second-order valence-electron chi connectivity index (χ2n) is 4.43. The van der Waals surface area contributed by atoms with Crippen molar-refractivity contribution >= 4 is 29.5 Å². The molecule has 0 heterocycles. The number of carboxylic acids is 1. The molecular weight excluding hydrogens is 318 g/mol. The Labute approximate surface area is 137 Å². The minimum atomic E-state index is -1.34. The summed E-state index contributed by atoms with van der Waals surface area (Å²) in [6.07, 6.45) is -0.772. The molecule has 0 bridgehead atoms. The number of amides is 1. The van der Waals surface area contributed by atoms with Crippen LogP contribution in [0, 0.1) is 0 Å². The first-order valence-corrected chi connectivity index (χ1v) is 7.73. The number of aromatic carboxylic acids is 1. The van der Waals surface area contributed by atoms with Crippen molar-refractivity contribution in [2.24, 2.45) is 0 Å². The Balaban J connectivity index is 1.84. The fraction of sp³-hybridized carbons (Fsp3) is 0.125. The predicted molar refractivity (Wildman–Crippen MR) is 87.2 cm³/mol. The molecule has 0 saturated heterocycles. The van der Waals surface area contributed by atoms with E-state index in [0.717, 1.165) is 4.90 Å². The lowest BCUT2D eigenvalue weighted by molar-refractivity contribution is 0.0695. The van der Waals surface area contributed by atoms with E-state index in [-0.39, 0.29) is 17.9 Å². The van der Waals surface area contributed by atoms with E-state index >= 15 is 0 Å². The van der Waals surface area contributed by atoms with Gasteiger partial charge >= 0.3 is 12.1 Å². The van der Waals surface area contributed by atoms with Crippen LogP contribution in [-0.2, 0) is 4.74 Å². The van der Waals surface area contributed by atoms with Crippen LogP contribution in [0.25, 0.3) is 0 Å². The van der Waals surface area contributed by atoms with Gasteiger partial charge in [0.2, 0.25) is 0 Å². The number of thioether (sulfide) groups is 1. The maximum Gasteiger partial charge on any atom is 0.411 e. The van der Waals surface area contributed by atoms with Crippen molar-refractivity contribution in [1.29, 1.82) is 0 Å². The number of carbonyl (C=O) groups is 2. The van der Waals surface area contributed by atoms with E-state index in [0.29, 0.717) is 5.75 Å². The van der Waals surface area contributed by atoms with Crippen molar-refractivity contribution < 1.29 is 24.5 Å². The number of aromatic hydroxyl groups is 1. The van der Waals surface area contributed by atoms with Crippen LogP contribution in [0.1, 0.15) is 10.4 Å². The first-order valence-electron chi connectivity index (χ1n) is 6.75. The predicted octanol–water partition coefficient (Wildman–Crippen LogP) is 3.43. The van der Waals surface area contributed by atoms with Crippen molar-refractivity contribution in [2.75, 3.05) is 17.7 Å². The summed E-state index contributed by atoms with van der Waals surface area (Å²) in [5, 5.41) is 20.9. The van der Waals surface area contributed by atoms with Gasteiger partial charge in [-0.1, -0.05) is 24.3 Å². The van der Waals surface area contributed by atoms with Crippen molar-refractivity contribution in [3.63, 3.8) is 0 Å². The van der Waals surface area contributed by atoms with Gasteiger partial charge in [0.1, 0.15) is 17.9 Å². The lowest BCUT2D eigenvalue weighted by atomic mass is 10.1. The molecule has 1 amide bonds. The average molecular weight is 333 g/mol. The second kappa shape index (κ2) is 8.09. The maximum atomic E-state index is 11.7. The summed E-state index contributed by atoms with van der Waals surface area (Å²) < 4.78 is 5.00. The van der Waals surface area contributed by atoms with Crippen LogP contribution in [-0.4, -0.2) is 34.6 Å². The van der Waals surface area contributed by atoms with E-state index < -0.39 is 17.8 Å². The third-order valence-electron chi connectivity index (χ3n) is 2.82. The molecule has 3 N–H and O–H groups in total. The number of nitrogens with one attached hydrogen (secondary N) is 1. The Morgan fingerprint density at radius 3 is 2.52 bits per heavy atom. The van der Waals surface area contributed by atoms with Crippen molar-refractivity contribution in [3.8, 4) is 5.75 Å². The second-order valence-corrected chi connectivity index (χ2v) is 5.60. The standard InChI is InChI=1S/C16H15NO5S/c18-13-8-4-7-12(14(13)15(19)20)17-16(21)22-9-10-23-11-5-2-1-3-6-11/h1-8,18H,9-10H2,(H,17,21)(H,19,20). The molecule has 0 atom stereocenters. The summed E-state index contributed by atoms with van der Waals surface area (Å²) in [5.74, 6) is -1.18. The van der Waals surface area contributed by atoms with Crippen LogP contribution in [0.15, 0.2) is 53.4 Å². The molecule has 2 aromatic carbocycles. The van der Waals surface area contributed by atoms with E-state index in [9.17, 15) is 14.7 Å². The van der Waals surface area contributed by atoms with Crippen LogP contribution in [0.4, 0.5) is 10.5 Å². The monoisotopic (exact) mass is 333 g/mol. The lowest BCUT2D eigenvalue weighted by Gasteiger charge is -2.10. The summed E-state index contributed by atoms with van der Waals surface area (Å²) in [6, 6.07) is 13.7. The number of rotatable bonds is 6. The number of phenols is 1. The van der Waals surface area contributed by atoms with Gasteiger partial charge in [-0.3, -0.25) is 5.32 Å². The molecule has 0 fully saturated rings. The molecule has 0 aliphatic heterocycles. The third kappa shape index (κ3) is 4.93. The topological polar surface area (TPSA) is 95.9 Å². The normalized spacial score (nSPS) is 10.1. The number of carbonyl (C=O) groups excluding carboxylic acids is 1. The Morgan fingerprint density at radius 2 is 1.83 bits per heavy atom. The van der Waals surface area contributed by atoms with Crippen LogP contribution < -0.4 is 5.32 Å². The zero-order chi connectivity index (χ0) is 16.7. The summed E-state index contributed by atoms with van der Waals surface area (Å²) >= 11 is 1.54. The fourth-order valence-corrected chi connectivity index (χ4v) is 2.58. The molecule has 2 rings (SSSR count). The van der Waals surface area contributed by atoms with Gasteiger partial charge in [-0.25, -0.2) is 9.59 Å². The SMILES string of the molecule is O=C(Nc1cccc(O)c1C(=O)O)OCCSc1ccccc1. The van der Waals surface area contributed by atoms with Gasteiger partial charge < -0.3 is 14.9 Å². The largest absolute Gasteiger partial charge is 0.507 e. The minimum absolute atomic E-state index is 0.0155. The first-order chi connectivity index (χ1) is 11.1. The Morgan fingerprint density at radius 1 is 1.09 bits per heavy atom. The highest BCUT2D eigenvalue weighted by atomic mass is 32.2. The minimum Gasteiger partial charge on any atom is -0.507 e. The Kier molecular flexibility index (Phi) is 5.87. The fourth-order valence-electron chi connectivity index (χ4n) is 1.83. The van der Waals surface area contributed by atoms with Crippen LogP contribution >= 0.6 is 11.8 Å². The third-order valence-corrected chi connectivity index (χ3v) is 3.80. The lowest BCUT2D eigenvalue weighted by Crippen LogP contribution is -2.17. The molecule has 0 aromatic heterocycles. The molecule has 2 aromatic rings. The zero-order valence-corrected chi connectivity index (χ0v) is 12.9. The molecule has 23 heavy (non-hydrogen) atoms. The van der Waals surface area contributed by atoms with E-state index in [2.05, 4.69) is 5.32 Å². The van der Waals surface area contributed by atoms with Crippen LogP contribution in [0.5, 0.6) is 5.75 Å². The molecule has 0 aliphatic rings. The van der Waals surface area contributed by atoms with Crippen molar-refractivity contribution in [3.05, 3.63) is 54.1 Å². The summed E-state index contributed by atoms with van der Waals surface area (Å²) in [4.78, 5) is 23.8. The van der Waals surface area contributed by atoms with Crippen molar-refractivity contribution in [2.45, 2.75) is 4.90 Å². The quantitative estimate of drug-likeness (QED) is 0.554. The number of ether oxygens (including phenoxy) is 1. The van der Waals surface area contributed by atoms with E-state index in [4.69, 9.17) is 9.84 Å². The van der Waals surface area contributed by atoms with Gasteiger partial charge in [-0.15, -0.1) is 11.8 Å². The summed E-state index contributed by atoms with van der Waals surface area (Å²) in [5.41, 5.74) is -0.388. The molecular formula is C16H15NO5S. The van der Waals surface area contributed by atoms with Crippen molar-refractivity contribution in [1.82, 2.24) is 0 Å². The number of hydrogen-bond acceptors (Lipinski definition) is 5. The van der Waals surface area contributed by atoms with E-state index in [1.807, 2.05) is 30.3 Å². The molecule has 0 spiro atoms. The van der Waals surface area contributed by atoms with Crippen LogP contribution in [0.2, 0.25) is 0 Å². The smallest absolute Gasteiger partial charge is 0.411 e. The van der Waals surface area contributed by atoms with Gasteiger partial charge in [0, 0.05) is 10.6 Å². The first kappa shape index (κ1) is 16.7. The number of hydrogen-bond donors (Lipinski definition) is 3. The van der Waals surface area contributed by atoms with E-state index in [1.165, 1.54) is 18.2 Å². The highest BCUT2D eigenvalue weighted by Crippen LogP contribution is 2.25. The molecule has 0 saturated carbocycles. The van der Waals surface area contributed by atoms with Gasteiger partial charge in [0.15, 0.2) is 0 Å². The molecule has 7 heteroatoms. The Hall–Kier alpha value is -2.67. The van der Waals surface area contributed by atoms with Gasteiger partial charge in [-0.2, -0.15) is 0 Å². The molecule has 0 aliphatic carbocycles. The molecule has 6 nitrogen and oxygen atoms in total. The maximum absolute atomic E-state index is 11.7. The number of benzene rings is 2. The van der Waals surface area contributed by atoms with E-state index in [1.54, 1.807) is 11.8 Å². The molecule has 0 unspecified atom stereocenters. The summed E-state index contributed by atoms with van der Waals surface area (Å²) in [7, 11) is 0. The highest BCUT2D eigenvalue weighted by molar-refractivity contribution is 7.99. The van der Waals surface area contributed by atoms with Gasteiger partial charge in [0.25, 0.3) is 0 Å². The highest BCUT2D eigenvalue weighted by Gasteiger charge is 2.17. The zero-order valence-electron chi connectivity index (χ0n) is 12.1. The summed E-state index contributed by atoms with van der Waals surface area (Å²) in [6.45, 7) is 0.173. The number of anilines is 1. The Bertz CT molecular complexity index is 690. The van der Waals surface area contributed by atoms with Gasteiger partial charge in [-0.05, 0) is 24.3 Å².